The number of rotatable bonds is 6. The minimum Gasteiger partial charge on any atom is -0.406 e. The molecule has 1 atom stereocenters. The van der Waals surface area contributed by atoms with E-state index in [-0.39, 0.29) is 22.9 Å². The summed E-state index contributed by atoms with van der Waals surface area (Å²) in [5.41, 5.74) is 1.63. The van der Waals surface area contributed by atoms with Crippen LogP contribution in [0.2, 0.25) is 0 Å². The van der Waals surface area contributed by atoms with Gasteiger partial charge in [-0.3, -0.25) is 9.59 Å². The number of carbonyl (C=O) groups is 2. The van der Waals surface area contributed by atoms with Crippen molar-refractivity contribution in [3.8, 4) is 5.75 Å². The Morgan fingerprint density at radius 3 is 2.41 bits per heavy atom. The second-order valence-corrected chi connectivity index (χ2v) is 9.76. The van der Waals surface area contributed by atoms with Crippen LogP contribution >= 0.6 is 0 Å². The summed E-state index contributed by atoms with van der Waals surface area (Å²) in [6, 6.07) is 9.06. The highest BCUT2D eigenvalue weighted by atomic mass is 32.2. The number of amides is 2. The van der Waals surface area contributed by atoms with Gasteiger partial charge in [-0.05, 0) is 61.4 Å². The molecule has 0 aliphatic carbocycles. The van der Waals surface area contributed by atoms with Crippen LogP contribution in [0.25, 0.3) is 0 Å². The van der Waals surface area contributed by atoms with E-state index in [9.17, 15) is 31.2 Å². The maximum absolute atomic E-state index is 12.9. The standard InChI is InChI=1S/C21H21F3N2O5S/c1-13(11-20(28)25-16-3-5-17(6-4-16)31-21(22,23)24)32(29,30)18-7-8-19-15(12-18)9-10-26(19)14(2)27/h3-8,12-13H,9-11H2,1-2H3,(H,25,28)/t13-/m0/s1. The van der Waals surface area contributed by atoms with Crippen LogP contribution in [0.5, 0.6) is 5.75 Å². The van der Waals surface area contributed by atoms with Gasteiger partial charge in [0.15, 0.2) is 9.84 Å². The van der Waals surface area contributed by atoms with Gasteiger partial charge in [-0.25, -0.2) is 8.42 Å². The van der Waals surface area contributed by atoms with E-state index in [4.69, 9.17) is 0 Å². The van der Waals surface area contributed by atoms with Crippen LogP contribution in [0.3, 0.4) is 0 Å². The molecule has 0 saturated carbocycles. The van der Waals surface area contributed by atoms with Crippen molar-refractivity contribution < 1.29 is 35.9 Å². The summed E-state index contributed by atoms with van der Waals surface area (Å²) in [6.45, 7) is 3.33. The predicted molar refractivity (Wildman–Crippen MR) is 111 cm³/mol. The molecule has 0 unspecified atom stereocenters. The fourth-order valence-electron chi connectivity index (χ4n) is 3.44. The van der Waals surface area contributed by atoms with E-state index in [0.717, 1.165) is 17.7 Å². The first-order valence-corrected chi connectivity index (χ1v) is 11.2. The first-order valence-electron chi connectivity index (χ1n) is 9.67. The molecule has 7 nitrogen and oxygen atoms in total. The number of ether oxygens (including phenoxy) is 1. The molecule has 1 heterocycles. The number of fused-ring (bicyclic) bond motifs is 1. The van der Waals surface area contributed by atoms with E-state index in [2.05, 4.69) is 10.1 Å². The van der Waals surface area contributed by atoms with Crippen LogP contribution in [0.15, 0.2) is 47.4 Å². The maximum atomic E-state index is 12.9. The number of benzene rings is 2. The molecule has 3 rings (SSSR count). The zero-order valence-electron chi connectivity index (χ0n) is 17.3. The molecule has 172 valence electrons. The van der Waals surface area contributed by atoms with Gasteiger partial charge in [0.1, 0.15) is 5.75 Å². The lowest BCUT2D eigenvalue weighted by Gasteiger charge is -2.16. The topological polar surface area (TPSA) is 92.8 Å². The van der Waals surface area contributed by atoms with E-state index in [0.29, 0.717) is 18.7 Å². The lowest BCUT2D eigenvalue weighted by atomic mass is 10.2. The number of nitrogens with zero attached hydrogens (tertiary/aromatic N) is 1. The number of carbonyl (C=O) groups excluding carboxylic acids is 2. The number of anilines is 2. The van der Waals surface area contributed by atoms with Crippen LogP contribution in [-0.4, -0.2) is 38.4 Å². The molecule has 1 aliphatic rings. The highest BCUT2D eigenvalue weighted by Crippen LogP contribution is 2.32. The number of halogens is 3. The highest BCUT2D eigenvalue weighted by molar-refractivity contribution is 7.92. The molecule has 0 bridgehead atoms. The zero-order valence-corrected chi connectivity index (χ0v) is 18.1. The summed E-state index contributed by atoms with van der Waals surface area (Å²) in [4.78, 5) is 25.6. The van der Waals surface area contributed by atoms with E-state index >= 15 is 0 Å². The van der Waals surface area contributed by atoms with Crippen molar-refractivity contribution in [3.05, 3.63) is 48.0 Å². The van der Waals surface area contributed by atoms with Gasteiger partial charge in [-0.15, -0.1) is 13.2 Å². The Kier molecular flexibility index (Phi) is 6.49. The quantitative estimate of drug-likeness (QED) is 0.695. The molecule has 0 radical (unpaired) electrons. The second-order valence-electron chi connectivity index (χ2n) is 7.39. The van der Waals surface area contributed by atoms with Crippen LogP contribution < -0.4 is 15.0 Å². The summed E-state index contributed by atoms with van der Waals surface area (Å²) in [5, 5.41) is 1.42. The molecule has 11 heteroatoms. The molecule has 0 spiro atoms. The molecule has 2 aromatic carbocycles. The molecule has 1 N–H and O–H groups in total. The lowest BCUT2D eigenvalue weighted by Crippen LogP contribution is -2.26. The summed E-state index contributed by atoms with van der Waals surface area (Å²) in [7, 11) is -3.82. The van der Waals surface area contributed by atoms with Crippen molar-refractivity contribution in [1.29, 1.82) is 0 Å². The Bertz CT molecular complexity index is 1130. The molecular weight excluding hydrogens is 449 g/mol. The molecule has 2 aromatic rings. The van der Waals surface area contributed by atoms with E-state index in [1.54, 1.807) is 11.0 Å². The fourth-order valence-corrected chi connectivity index (χ4v) is 4.84. The number of nitrogens with one attached hydrogen (secondary N) is 1. The third-order valence-corrected chi connectivity index (χ3v) is 7.17. The minimum absolute atomic E-state index is 0.0654. The Labute approximate surface area is 183 Å². The number of alkyl halides is 3. The SMILES string of the molecule is CC(=O)N1CCc2cc(S(=O)(=O)[C@@H](C)CC(=O)Nc3ccc(OC(F)(F)F)cc3)ccc21. The van der Waals surface area contributed by atoms with Gasteiger partial charge >= 0.3 is 6.36 Å². The Morgan fingerprint density at radius 2 is 1.81 bits per heavy atom. The van der Waals surface area contributed by atoms with Gasteiger partial charge in [0, 0.05) is 31.3 Å². The van der Waals surface area contributed by atoms with Gasteiger partial charge < -0.3 is 15.0 Å². The van der Waals surface area contributed by atoms with Gasteiger partial charge in [-0.1, -0.05) is 0 Å². The minimum atomic E-state index is -4.82. The first-order chi connectivity index (χ1) is 14.9. The third-order valence-electron chi connectivity index (χ3n) is 5.03. The Hall–Kier alpha value is -3.08. The lowest BCUT2D eigenvalue weighted by molar-refractivity contribution is -0.274. The normalized spacial score (nSPS) is 14.6. The smallest absolute Gasteiger partial charge is 0.406 e. The summed E-state index contributed by atoms with van der Waals surface area (Å²) < 4.78 is 66.2. The summed E-state index contributed by atoms with van der Waals surface area (Å²) in [6.07, 6.45) is -4.63. The Balaban J connectivity index is 1.65. The average molecular weight is 470 g/mol. The van der Waals surface area contributed by atoms with Crippen molar-refractivity contribution in [3.63, 3.8) is 0 Å². The van der Waals surface area contributed by atoms with Gasteiger partial charge in [-0.2, -0.15) is 0 Å². The summed E-state index contributed by atoms with van der Waals surface area (Å²) in [5.74, 6) is -1.16. The third kappa shape index (κ3) is 5.39. The highest BCUT2D eigenvalue weighted by Gasteiger charge is 2.31. The van der Waals surface area contributed by atoms with Crippen LogP contribution in [0.1, 0.15) is 25.8 Å². The maximum Gasteiger partial charge on any atom is 0.573 e. The van der Waals surface area contributed by atoms with Crippen molar-refractivity contribution >= 4 is 33.0 Å². The Morgan fingerprint density at radius 1 is 1.16 bits per heavy atom. The van der Waals surface area contributed by atoms with Crippen LogP contribution in [0, 0.1) is 0 Å². The monoisotopic (exact) mass is 470 g/mol. The molecular formula is C21H21F3N2O5S. The van der Waals surface area contributed by atoms with Crippen LogP contribution in [-0.2, 0) is 25.8 Å². The number of sulfone groups is 1. The van der Waals surface area contributed by atoms with Crippen molar-refractivity contribution in [2.45, 2.75) is 43.2 Å². The van der Waals surface area contributed by atoms with E-state index in [1.807, 2.05) is 0 Å². The molecule has 32 heavy (non-hydrogen) atoms. The zero-order chi connectivity index (χ0) is 23.7. The van der Waals surface area contributed by atoms with Crippen LogP contribution in [0.4, 0.5) is 24.5 Å². The average Bonchev–Trinajstić information content (AvgIpc) is 3.11. The van der Waals surface area contributed by atoms with E-state index < -0.39 is 33.1 Å². The molecule has 0 saturated heterocycles. The van der Waals surface area contributed by atoms with Crippen molar-refractivity contribution in [2.24, 2.45) is 0 Å². The van der Waals surface area contributed by atoms with Crippen molar-refractivity contribution in [1.82, 2.24) is 0 Å². The van der Waals surface area contributed by atoms with E-state index in [1.165, 1.54) is 38.1 Å². The second kappa shape index (κ2) is 8.81. The number of hydrogen-bond acceptors (Lipinski definition) is 5. The molecule has 0 aromatic heterocycles. The van der Waals surface area contributed by atoms with Gasteiger partial charge in [0.05, 0.1) is 10.1 Å². The fraction of sp³-hybridized carbons (Fsp3) is 0.333. The summed E-state index contributed by atoms with van der Waals surface area (Å²) >= 11 is 0. The first kappa shape index (κ1) is 23.6. The molecule has 1 aliphatic heterocycles. The van der Waals surface area contributed by atoms with Gasteiger partial charge in [0.25, 0.3) is 0 Å². The largest absolute Gasteiger partial charge is 0.573 e. The van der Waals surface area contributed by atoms with Crippen molar-refractivity contribution in [2.75, 3.05) is 16.8 Å². The number of hydrogen-bond donors (Lipinski definition) is 1. The molecule has 0 fully saturated rings. The molecule has 2 amide bonds. The predicted octanol–water partition coefficient (Wildman–Crippen LogP) is 3.69. The van der Waals surface area contributed by atoms with Gasteiger partial charge in [0.2, 0.25) is 11.8 Å².